The average Bonchev–Trinajstić information content (AvgIpc) is 4.17. The van der Waals surface area contributed by atoms with Crippen molar-refractivity contribution >= 4 is 49.6 Å². The van der Waals surface area contributed by atoms with Crippen LogP contribution in [0.1, 0.15) is 44.5 Å². The fraction of sp³-hybridized carbons (Fsp3) is 0.0278. The number of hydrogen-bond donors (Lipinski definition) is 0. The zero-order valence-corrected chi connectivity index (χ0v) is 40.3. The standard InChI is InChI=1S/C72H44N2/c1-2-20-49-45(18-1)19-15-27-50(49)46-38-40-47(41-39-46)73(67-37-17-34-64-69(67)57-26-7-13-33-62(57)71(64)58-29-9-3-21-51(58)52-22-4-10-30-59(52)71)48-42-43-63-68(44-48)74-66-36-14-8-25-55(66)56-28-16-35-65(70(56)74)72(63)60-31-11-5-23-53(60)54-24-6-12-32-61(54)72/h1-44H. The molecular weight excluding hydrogens is 893 g/mol. The molecule has 0 amide bonds. The fourth-order valence-corrected chi connectivity index (χ4v) is 14.7. The molecule has 0 saturated heterocycles. The van der Waals surface area contributed by atoms with Crippen molar-refractivity contribution in [1.29, 1.82) is 0 Å². The van der Waals surface area contributed by atoms with Gasteiger partial charge in [-0.15, -0.1) is 0 Å². The molecule has 4 aliphatic rings. The molecule has 0 bridgehead atoms. The van der Waals surface area contributed by atoms with Crippen LogP contribution in [0.5, 0.6) is 0 Å². The molecule has 2 heteroatoms. The Morgan fingerprint density at radius 2 is 0.757 bits per heavy atom. The molecule has 1 aliphatic heterocycles. The summed E-state index contributed by atoms with van der Waals surface area (Å²) < 4.78 is 2.58. The minimum atomic E-state index is -0.543. The van der Waals surface area contributed by atoms with Crippen LogP contribution in [-0.4, -0.2) is 4.57 Å². The van der Waals surface area contributed by atoms with Crippen LogP contribution in [0.15, 0.2) is 267 Å². The Morgan fingerprint density at radius 3 is 1.43 bits per heavy atom. The highest BCUT2D eigenvalue weighted by Crippen LogP contribution is 2.66. The smallest absolute Gasteiger partial charge is 0.0754 e. The van der Waals surface area contributed by atoms with Crippen molar-refractivity contribution in [3.05, 3.63) is 311 Å². The largest absolute Gasteiger partial charge is 0.310 e. The summed E-state index contributed by atoms with van der Waals surface area (Å²) in [4.78, 5) is 2.56. The van der Waals surface area contributed by atoms with Gasteiger partial charge in [0.15, 0.2) is 0 Å². The molecule has 342 valence electrons. The zero-order valence-electron chi connectivity index (χ0n) is 40.3. The van der Waals surface area contributed by atoms with E-state index in [0.717, 1.165) is 17.1 Å². The van der Waals surface area contributed by atoms with E-state index in [9.17, 15) is 0 Å². The minimum absolute atomic E-state index is 0.482. The predicted molar refractivity (Wildman–Crippen MR) is 306 cm³/mol. The second kappa shape index (κ2) is 14.6. The highest BCUT2D eigenvalue weighted by atomic mass is 15.2. The van der Waals surface area contributed by atoms with Crippen molar-refractivity contribution in [3.63, 3.8) is 0 Å². The van der Waals surface area contributed by atoms with Gasteiger partial charge in [0.1, 0.15) is 0 Å². The van der Waals surface area contributed by atoms with Crippen LogP contribution in [-0.2, 0) is 10.8 Å². The highest BCUT2D eigenvalue weighted by molar-refractivity contribution is 6.13. The second-order valence-corrected chi connectivity index (χ2v) is 20.6. The van der Waals surface area contributed by atoms with Crippen LogP contribution in [0.25, 0.3) is 82.8 Å². The summed E-state index contributed by atoms with van der Waals surface area (Å²) in [5.74, 6) is 0. The summed E-state index contributed by atoms with van der Waals surface area (Å²) in [5.41, 5.74) is 26.8. The van der Waals surface area contributed by atoms with Gasteiger partial charge in [-0.25, -0.2) is 0 Å². The quantitative estimate of drug-likeness (QED) is 0.171. The number of nitrogens with zero attached hydrogens (tertiary/aromatic N) is 2. The number of anilines is 3. The van der Waals surface area contributed by atoms with Crippen LogP contribution in [0.4, 0.5) is 17.1 Å². The summed E-state index contributed by atoms with van der Waals surface area (Å²) >= 11 is 0. The third kappa shape index (κ3) is 4.86. The van der Waals surface area contributed by atoms with Crippen LogP contribution in [0.2, 0.25) is 0 Å². The minimum Gasteiger partial charge on any atom is -0.310 e. The first-order valence-corrected chi connectivity index (χ1v) is 25.9. The van der Waals surface area contributed by atoms with E-state index >= 15 is 0 Å². The number of rotatable bonds is 4. The Kier molecular flexibility index (Phi) is 7.90. The monoisotopic (exact) mass is 936 g/mol. The molecule has 3 aliphatic carbocycles. The van der Waals surface area contributed by atoms with E-state index in [-0.39, 0.29) is 0 Å². The topological polar surface area (TPSA) is 8.17 Å². The first-order chi connectivity index (χ1) is 36.7. The molecule has 0 atom stereocenters. The average molecular weight is 937 g/mol. The number of hydrogen-bond acceptors (Lipinski definition) is 1. The molecule has 2 nitrogen and oxygen atoms in total. The van der Waals surface area contributed by atoms with Crippen molar-refractivity contribution in [2.24, 2.45) is 0 Å². The SMILES string of the molecule is c1ccc2c(c1)-c1ccccc1C21c2ccccc2-c2c(N(c3ccc(-c4cccc5ccccc45)cc3)c3ccc4c(c3)-n3c5ccccc5c5cccc(c53)C43c4ccccc4-c4ccccc43)cccc21. The highest BCUT2D eigenvalue weighted by Gasteiger charge is 2.53. The molecular formula is C72H44N2. The van der Waals surface area contributed by atoms with Crippen LogP contribution >= 0.6 is 0 Å². The Balaban J connectivity index is 0.971. The molecule has 0 unspecified atom stereocenters. The van der Waals surface area contributed by atoms with Crippen molar-refractivity contribution in [1.82, 2.24) is 4.57 Å². The van der Waals surface area contributed by atoms with E-state index in [0.29, 0.717) is 0 Å². The maximum atomic E-state index is 2.58. The maximum absolute atomic E-state index is 2.58. The summed E-state index contributed by atoms with van der Waals surface area (Å²) in [6.07, 6.45) is 0. The summed E-state index contributed by atoms with van der Waals surface area (Å²) in [6, 6.07) is 101. The molecule has 2 spiro atoms. The molecule has 1 aromatic heterocycles. The zero-order chi connectivity index (χ0) is 48.3. The van der Waals surface area contributed by atoms with Crippen molar-refractivity contribution in [3.8, 4) is 50.2 Å². The first-order valence-electron chi connectivity index (χ1n) is 25.9. The molecule has 0 N–H and O–H groups in total. The van der Waals surface area contributed by atoms with E-state index < -0.39 is 10.8 Å². The van der Waals surface area contributed by atoms with Gasteiger partial charge in [0.25, 0.3) is 0 Å². The van der Waals surface area contributed by atoms with Gasteiger partial charge in [-0.2, -0.15) is 0 Å². The van der Waals surface area contributed by atoms with Crippen molar-refractivity contribution < 1.29 is 0 Å². The van der Waals surface area contributed by atoms with Gasteiger partial charge in [-0.1, -0.05) is 231 Å². The maximum Gasteiger partial charge on any atom is 0.0754 e. The second-order valence-electron chi connectivity index (χ2n) is 20.6. The normalized spacial score (nSPS) is 14.2. The van der Waals surface area contributed by atoms with Gasteiger partial charge < -0.3 is 9.47 Å². The number of para-hydroxylation sites is 2. The molecule has 17 rings (SSSR count). The van der Waals surface area contributed by atoms with Gasteiger partial charge in [-0.05, 0) is 131 Å². The third-order valence-corrected chi connectivity index (χ3v) is 17.4. The molecule has 0 radical (unpaired) electrons. The first kappa shape index (κ1) is 40.1. The van der Waals surface area contributed by atoms with Gasteiger partial charge >= 0.3 is 0 Å². The number of benzene rings is 12. The van der Waals surface area contributed by atoms with Crippen LogP contribution < -0.4 is 4.90 Å². The predicted octanol–water partition coefficient (Wildman–Crippen LogP) is 18.1. The van der Waals surface area contributed by atoms with Crippen LogP contribution in [0, 0.1) is 0 Å². The summed E-state index contributed by atoms with van der Waals surface area (Å²) in [5, 5.41) is 5.03. The molecule has 13 aromatic rings. The third-order valence-electron chi connectivity index (χ3n) is 17.4. The van der Waals surface area contributed by atoms with E-state index in [2.05, 4.69) is 276 Å². The van der Waals surface area contributed by atoms with Gasteiger partial charge in [0.2, 0.25) is 0 Å². The van der Waals surface area contributed by atoms with Crippen molar-refractivity contribution in [2.45, 2.75) is 10.8 Å². The molecule has 74 heavy (non-hydrogen) atoms. The van der Waals surface area contributed by atoms with E-state index in [1.54, 1.807) is 0 Å². The van der Waals surface area contributed by atoms with E-state index in [1.807, 2.05) is 0 Å². The Bertz CT molecular complexity index is 4470. The molecule has 0 saturated carbocycles. The summed E-state index contributed by atoms with van der Waals surface area (Å²) in [6.45, 7) is 0. The lowest BCUT2D eigenvalue weighted by Crippen LogP contribution is -2.33. The van der Waals surface area contributed by atoms with Gasteiger partial charge in [0.05, 0.1) is 33.2 Å². The Morgan fingerprint density at radius 1 is 0.297 bits per heavy atom. The summed E-state index contributed by atoms with van der Waals surface area (Å²) in [7, 11) is 0. The van der Waals surface area contributed by atoms with Crippen molar-refractivity contribution in [2.75, 3.05) is 4.90 Å². The Hall–Kier alpha value is -9.50. The lowest BCUT2D eigenvalue weighted by atomic mass is 9.65. The fourth-order valence-electron chi connectivity index (χ4n) is 14.7. The van der Waals surface area contributed by atoms with Gasteiger partial charge in [0, 0.05) is 27.7 Å². The molecule has 12 aromatic carbocycles. The van der Waals surface area contributed by atoms with E-state index in [4.69, 9.17) is 0 Å². The number of fused-ring (bicyclic) bond motifs is 23. The molecule has 0 fully saturated rings. The van der Waals surface area contributed by atoms with Crippen LogP contribution in [0.3, 0.4) is 0 Å². The Labute approximate surface area is 429 Å². The lowest BCUT2D eigenvalue weighted by Gasteiger charge is -2.40. The number of aromatic nitrogens is 1. The van der Waals surface area contributed by atoms with Gasteiger partial charge in [-0.3, -0.25) is 0 Å². The van der Waals surface area contributed by atoms with E-state index in [1.165, 1.54) is 127 Å². The molecule has 2 heterocycles. The lowest BCUT2D eigenvalue weighted by molar-refractivity contribution is 0.748.